The molecule has 0 bridgehead atoms. The number of aromatic nitrogens is 1. The first-order valence-corrected chi connectivity index (χ1v) is 10.8. The molecule has 0 amide bonds. The fourth-order valence-corrected chi connectivity index (χ4v) is 5.05. The Hall–Kier alpha value is -1.44. The van der Waals surface area contributed by atoms with Crippen molar-refractivity contribution in [3.05, 3.63) is 39.8 Å². The third-order valence-corrected chi connectivity index (χ3v) is 6.53. The van der Waals surface area contributed by atoms with Gasteiger partial charge in [0, 0.05) is 11.1 Å². The van der Waals surface area contributed by atoms with Gasteiger partial charge in [-0.2, -0.15) is 0 Å². The molecule has 1 atom stereocenters. The average Bonchev–Trinajstić information content (AvgIpc) is 3.28. The molecule has 1 saturated carbocycles. The molecule has 25 heavy (non-hydrogen) atoms. The number of ether oxygens (including phenoxy) is 1. The number of hydrogen-bond acceptors (Lipinski definition) is 5. The van der Waals surface area contributed by atoms with Crippen molar-refractivity contribution in [3.63, 3.8) is 0 Å². The van der Waals surface area contributed by atoms with Crippen LogP contribution < -0.4 is 9.46 Å². The zero-order chi connectivity index (χ0) is 18.2. The monoisotopic (exact) mass is 380 g/mol. The van der Waals surface area contributed by atoms with Crippen LogP contribution in [-0.4, -0.2) is 19.5 Å². The third-order valence-electron chi connectivity index (χ3n) is 4.10. The van der Waals surface area contributed by atoms with Gasteiger partial charge in [0.05, 0.1) is 17.0 Å². The molecule has 1 N–H and O–H groups in total. The molecule has 1 aromatic carbocycles. The molecule has 0 saturated heterocycles. The SMILES string of the molecule is Cc1cnc([C@H](NS(=O)(=O)c2ccc(OC(C)C)c(C)c2)C2CC2)s1. The molecule has 0 aliphatic heterocycles. The van der Waals surface area contributed by atoms with Crippen LogP contribution in [0.2, 0.25) is 0 Å². The second-order valence-electron chi connectivity index (χ2n) is 6.84. The van der Waals surface area contributed by atoms with Gasteiger partial charge in [0.2, 0.25) is 10.0 Å². The van der Waals surface area contributed by atoms with E-state index in [1.807, 2.05) is 27.7 Å². The normalized spacial score (nSPS) is 16.2. The summed E-state index contributed by atoms with van der Waals surface area (Å²) in [5.74, 6) is 1.05. The van der Waals surface area contributed by atoms with Gasteiger partial charge in [-0.1, -0.05) is 0 Å². The van der Waals surface area contributed by atoms with Crippen molar-refractivity contribution >= 4 is 21.4 Å². The van der Waals surface area contributed by atoms with Gasteiger partial charge in [-0.15, -0.1) is 11.3 Å². The fourth-order valence-electron chi connectivity index (χ4n) is 2.70. The van der Waals surface area contributed by atoms with E-state index in [-0.39, 0.29) is 17.0 Å². The van der Waals surface area contributed by atoms with E-state index in [0.717, 1.165) is 28.3 Å². The molecule has 0 unspecified atom stereocenters. The van der Waals surface area contributed by atoms with E-state index in [4.69, 9.17) is 4.74 Å². The number of thiazole rings is 1. The fraction of sp³-hybridized carbons (Fsp3) is 0.500. The van der Waals surface area contributed by atoms with Crippen LogP contribution in [0, 0.1) is 19.8 Å². The van der Waals surface area contributed by atoms with Gasteiger partial charge in [-0.05, 0) is 70.2 Å². The molecule has 5 nitrogen and oxygen atoms in total. The van der Waals surface area contributed by atoms with Crippen LogP contribution >= 0.6 is 11.3 Å². The molecule has 1 fully saturated rings. The Morgan fingerprint density at radius 3 is 2.52 bits per heavy atom. The van der Waals surface area contributed by atoms with Gasteiger partial charge in [0.25, 0.3) is 0 Å². The number of sulfonamides is 1. The Kier molecular flexibility index (Phi) is 5.18. The van der Waals surface area contributed by atoms with Crippen molar-refractivity contribution in [1.29, 1.82) is 0 Å². The predicted molar refractivity (Wildman–Crippen MR) is 99.6 cm³/mol. The van der Waals surface area contributed by atoms with Crippen LogP contribution in [0.3, 0.4) is 0 Å². The lowest BCUT2D eigenvalue weighted by Gasteiger charge is -2.17. The number of benzene rings is 1. The maximum atomic E-state index is 12.9. The van der Waals surface area contributed by atoms with Gasteiger partial charge in [-0.3, -0.25) is 0 Å². The van der Waals surface area contributed by atoms with Gasteiger partial charge in [0.15, 0.2) is 0 Å². The second-order valence-corrected chi connectivity index (χ2v) is 9.82. The first kappa shape index (κ1) is 18.4. The Morgan fingerprint density at radius 2 is 2.00 bits per heavy atom. The first-order chi connectivity index (χ1) is 11.8. The highest BCUT2D eigenvalue weighted by atomic mass is 32.2. The lowest BCUT2D eigenvalue weighted by atomic mass is 10.2. The molecular formula is C18H24N2O3S2. The zero-order valence-corrected chi connectivity index (χ0v) is 16.6. The van der Waals surface area contributed by atoms with Crippen molar-refractivity contribution in [2.45, 2.75) is 57.6 Å². The van der Waals surface area contributed by atoms with Gasteiger partial charge in [-0.25, -0.2) is 18.1 Å². The van der Waals surface area contributed by atoms with Crippen molar-refractivity contribution < 1.29 is 13.2 Å². The Labute approximate surface area is 153 Å². The molecule has 1 aromatic heterocycles. The van der Waals surface area contributed by atoms with Gasteiger partial charge >= 0.3 is 0 Å². The summed E-state index contributed by atoms with van der Waals surface area (Å²) in [7, 11) is -3.61. The molecule has 2 aromatic rings. The summed E-state index contributed by atoms with van der Waals surface area (Å²) in [4.78, 5) is 5.74. The zero-order valence-electron chi connectivity index (χ0n) is 14.9. The van der Waals surface area contributed by atoms with Crippen molar-refractivity contribution in [3.8, 4) is 5.75 Å². The lowest BCUT2D eigenvalue weighted by molar-refractivity contribution is 0.240. The molecule has 1 aliphatic carbocycles. The predicted octanol–water partition coefficient (Wildman–Crippen LogP) is 3.98. The molecule has 7 heteroatoms. The summed E-state index contributed by atoms with van der Waals surface area (Å²) < 4.78 is 34.3. The molecule has 1 aliphatic rings. The van der Waals surface area contributed by atoms with Crippen LogP contribution in [0.1, 0.15) is 48.2 Å². The van der Waals surface area contributed by atoms with Crippen LogP contribution in [0.5, 0.6) is 5.75 Å². The summed E-state index contributed by atoms with van der Waals surface area (Å²) in [5, 5.41) is 0.847. The van der Waals surface area contributed by atoms with E-state index in [9.17, 15) is 8.42 Å². The number of aryl methyl sites for hydroxylation is 2. The maximum absolute atomic E-state index is 12.9. The summed E-state index contributed by atoms with van der Waals surface area (Å²) in [6.07, 6.45) is 3.91. The standard InChI is InChI=1S/C18H24N2O3S2/c1-11(2)23-16-8-7-15(9-12(16)3)25(21,22)20-17(14-5-6-14)18-19-10-13(4)24-18/h7-11,14,17,20H,5-6H2,1-4H3/t17-/m1/s1. The molecule has 3 rings (SSSR count). The molecule has 0 spiro atoms. The third kappa shape index (κ3) is 4.40. The van der Waals surface area contributed by atoms with E-state index in [1.165, 1.54) is 0 Å². The van der Waals surface area contributed by atoms with E-state index < -0.39 is 10.0 Å². The van der Waals surface area contributed by atoms with Crippen LogP contribution in [0.4, 0.5) is 0 Å². The second kappa shape index (κ2) is 7.05. The topological polar surface area (TPSA) is 68.3 Å². The number of hydrogen-bond donors (Lipinski definition) is 1. The molecular weight excluding hydrogens is 356 g/mol. The lowest BCUT2D eigenvalue weighted by Crippen LogP contribution is -2.30. The highest BCUT2D eigenvalue weighted by Crippen LogP contribution is 2.42. The van der Waals surface area contributed by atoms with Crippen molar-refractivity contribution in [2.75, 3.05) is 0 Å². The van der Waals surface area contributed by atoms with Crippen molar-refractivity contribution in [1.82, 2.24) is 9.71 Å². The van der Waals surface area contributed by atoms with Crippen molar-refractivity contribution in [2.24, 2.45) is 5.92 Å². The van der Waals surface area contributed by atoms with Gasteiger partial charge in [0.1, 0.15) is 10.8 Å². The van der Waals surface area contributed by atoms with E-state index in [1.54, 1.807) is 35.7 Å². The highest BCUT2D eigenvalue weighted by molar-refractivity contribution is 7.89. The number of nitrogens with one attached hydrogen (secondary N) is 1. The van der Waals surface area contributed by atoms with Crippen LogP contribution in [0.15, 0.2) is 29.3 Å². The molecule has 136 valence electrons. The maximum Gasteiger partial charge on any atom is 0.241 e. The van der Waals surface area contributed by atoms with E-state index >= 15 is 0 Å². The number of nitrogens with zero attached hydrogens (tertiary/aromatic N) is 1. The summed E-state index contributed by atoms with van der Waals surface area (Å²) in [5.41, 5.74) is 0.810. The number of rotatable bonds is 7. The minimum Gasteiger partial charge on any atom is -0.491 e. The average molecular weight is 381 g/mol. The highest BCUT2D eigenvalue weighted by Gasteiger charge is 2.37. The van der Waals surface area contributed by atoms with E-state index in [2.05, 4.69) is 9.71 Å². The largest absolute Gasteiger partial charge is 0.491 e. The minimum absolute atomic E-state index is 0.0478. The Balaban J connectivity index is 1.84. The Bertz CT molecular complexity index is 855. The Morgan fingerprint density at radius 1 is 1.28 bits per heavy atom. The summed E-state index contributed by atoms with van der Waals surface area (Å²) in [6, 6.07) is 4.75. The molecule has 0 radical (unpaired) electrons. The summed E-state index contributed by atoms with van der Waals surface area (Å²) in [6.45, 7) is 7.74. The first-order valence-electron chi connectivity index (χ1n) is 8.48. The quantitative estimate of drug-likeness (QED) is 0.789. The minimum atomic E-state index is -3.61. The molecule has 1 heterocycles. The van der Waals surface area contributed by atoms with Crippen LogP contribution in [-0.2, 0) is 10.0 Å². The van der Waals surface area contributed by atoms with Gasteiger partial charge < -0.3 is 4.74 Å². The van der Waals surface area contributed by atoms with Crippen LogP contribution in [0.25, 0.3) is 0 Å². The summed E-state index contributed by atoms with van der Waals surface area (Å²) >= 11 is 1.55. The smallest absolute Gasteiger partial charge is 0.241 e. The van der Waals surface area contributed by atoms with E-state index in [0.29, 0.717) is 11.7 Å².